The van der Waals surface area contributed by atoms with Crippen molar-refractivity contribution in [1.29, 1.82) is 0 Å². The Kier molecular flexibility index (Phi) is 41.4. The van der Waals surface area contributed by atoms with Crippen LogP contribution >= 0.6 is 25.3 Å². The summed E-state index contributed by atoms with van der Waals surface area (Å²) in [7, 11) is 0. The molecule has 0 aromatic carbocycles. The summed E-state index contributed by atoms with van der Waals surface area (Å²) in [6, 6.07) is 0. The fraction of sp³-hybridized carbons (Fsp3) is 1.00. The van der Waals surface area contributed by atoms with Gasteiger partial charge < -0.3 is 0 Å². The second-order valence-electron chi connectivity index (χ2n) is 10.6. The zero-order chi connectivity index (χ0) is 25.2. The first-order valence-electron chi connectivity index (χ1n) is 15.9. The van der Waals surface area contributed by atoms with Gasteiger partial charge in [-0.2, -0.15) is 25.3 Å². The molecular formula is C32H68S2. The molecule has 0 aliphatic heterocycles. The maximum Gasteiger partial charge on any atom is -0.0215 e. The minimum atomic E-state index is 1.50. The Morgan fingerprint density at radius 3 is 0.206 bits per heavy atom. The molecule has 0 nitrogen and oxygen atoms in total. The highest BCUT2D eigenvalue weighted by Crippen LogP contribution is 2.17. The maximum atomic E-state index is 3.53. The highest BCUT2D eigenvalue weighted by Gasteiger charge is 1.97. The summed E-state index contributed by atoms with van der Waals surface area (Å²) in [6.45, 7) is 0. The fourth-order valence-corrected chi connectivity index (χ4v) is 5.30. The summed E-state index contributed by atoms with van der Waals surface area (Å²) in [6.07, 6.45) is 48.4. The van der Waals surface area contributed by atoms with Crippen LogP contribution in [0.25, 0.3) is 0 Å². The van der Waals surface area contributed by atoms with E-state index in [2.05, 4.69) is 25.3 Å². The van der Waals surface area contributed by atoms with E-state index in [0.29, 0.717) is 0 Å². The topological polar surface area (TPSA) is 0 Å². The molecule has 0 bridgehead atoms. The van der Waals surface area contributed by atoms with Gasteiger partial charge in [0.2, 0.25) is 0 Å². The average Bonchev–Trinajstić information content (AvgIpc) is 2.93. The minimum Gasteiger partial charge on any atom is -0.183 e. The minimum absolute atomic E-state index is 1.50. The molecule has 0 atom stereocenters. The van der Waals surface area contributed by atoms with E-state index in [1.165, 1.54) is 193 Å². The number of rotatable bonds is 0. The summed E-state index contributed by atoms with van der Waals surface area (Å²) in [4.78, 5) is 0. The third-order valence-corrected chi connectivity index (χ3v) is 7.50. The van der Waals surface area contributed by atoms with Crippen LogP contribution in [-0.4, -0.2) is 12.5 Å². The lowest BCUT2D eigenvalue weighted by molar-refractivity contribution is 0.504. The Morgan fingerprint density at radius 2 is 0.176 bits per heavy atom. The van der Waals surface area contributed by atoms with Gasteiger partial charge in [0.1, 0.15) is 0 Å². The molecule has 0 spiro atoms. The van der Waals surface area contributed by atoms with E-state index in [4.69, 9.17) is 0 Å². The third-order valence-electron chi connectivity index (χ3n) is 7.50. The molecular weight excluding hydrogens is 448 g/mol. The van der Waals surface area contributed by atoms with E-state index in [1.54, 1.807) is 12.5 Å². The van der Waals surface area contributed by atoms with Crippen molar-refractivity contribution in [2.75, 3.05) is 12.5 Å². The smallest absolute Gasteiger partial charge is 0.0215 e. The van der Waals surface area contributed by atoms with Gasteiger partial charge in [0.05, 0.1) is 0 Å². The first kappa shape index (κ1) is 36.9. The molecule has 0 aromatic heterocycles. The highest BCUT2D eigenvalue weighted by atomic mass is 32.1. The molecule has 0 aromatic rings. The van der Waals surface area contributed by atoms with E-state index in [1.807, 2.05) is 0 Å². The van der Waals surface area contributed by atoms with Crippen LogP contribution in [0.15, 0.2) is 0 Å². The lowest BCUT2D eigenvalue weighted by atomic mass is 10.0. The van der Waals surface area contributed by atoms with Gasteiger partial charge in [0, 0.05) is 0 Å². The molecule has 0 heterocycles. The van der Waals surface area contributed by atoms with E-state index in [0.717, 1.165) is 0 Å². The van der Waals surface area contributed by atoms with Crippen LogP contribution in [-0.2, 0) is 0 Å². The van der Waals surface area contributed by atoms with E-state index in [-0.39, 0.29) is 0 Å². The maximum absolute atomic E-state index is 3.53. The SMILES string of the molecule is C1CCCCCCCCC1.C1CCCCCCCCC1.C1CCCCCCCCC1.CS.CS. The van der Waals surface area contributed by atoms with Gasteiger partial charge in [-0.25, -0.2) is 0 Å². The molecule has 0 saturated heterocycles. The Labute approximate surface area is 229 Å². The molecule has 0 N–H and O–H groups in total. The molecule has 208 valence electrons. The Bertz CT molecular complexity index is 158. The molecule has 3 fully saturated rings. The van der Waals surface area contributed by atoms with Crippen molar-refractivity contribution >= 4 is 25.3 Å². The van der Waals surface area contributed by atoms with Crippen LogP contribution < -0.4 is 0 Å². The second-order valence-corrected chi connectivity index (χ2v) is 10.6. The van der Waals surface area contributed by atoms with Gasteiger partial charge in [-0.05, 0) is 12.5 Å². The number of hydrogen-bond acceptors (Lipinski definition) is 2. The van der Waals surface area contributed by atoms with Crippen molar-refractivity contribution in [2.45, 2.75) is 193 Å². The summed E-state index contributed by atoms with van der Waals surface area (Å²) in [5, 5.41) is 0. The molecule has 3 aliphatic rings. The summed E-state index contributed by atoms with van der Waals surface area (Å²) in [5.74, 6) is 0. The first-order chi connectivity index (χ1) is 17.0. The normalized spacial score (nSPS) is 21.5. The Morgan fingerprint density at radius 1 is 0.147 bits per heavy atom. The van der Waals surface area contributed by atoms with Crippen molar-refractivity contribution in [1.82, 2.24) is 0 Å². The van der Waals surface area contributed by atoms with Gasteiger partial charge in [0.15, 0.2) is 0 Å². The molecule has 3 saturated carbocycles. The van der Waals surface area contributed by atoms with E-state index >= 15 is 0 Å². The summed E-state index contributed by atoms with van der Waals surface area (Å²) >= 11 is 7.06. The monoisotopic (exact) mass is 516 g/mol. The van der Waals surface area contributed by atoms with E-state index < -0.39 is 0 Å². The number of hydrogen-bond donors (Lipinski definition) is 2. The van der Waals surface area contributed by atoms with Crippen LogP contribution in [0.3, 0.4) is 0 Å². The molecule has 2 heteroatoms. The van der Waals surface area contributed by atoms with Crippen LogP contribution in [0, 0.1) is 0 Å². The van der Waals surface area contributed by atoms with Crippen LogP contribution in [0.1, 0.15) is 193 Å². The predicted molar refractivity (Wildman–Crippen MR) is 168 cm³/mol. The molecule has 0 amide bonds. The van der Waals surface area contributed by atoms with Gasteiger partial charge >= 0.3 is 0 Å². The molecule has 3 aliphatic carbocycles. The van der Waals surface area contributed by atoms with E-state index in [9.17, 15) is 0 Å². The number of thiol groups is 2. The van der Waals surface area contributed by atoms with Crippen molar-refractivity contribution in [2.24, 2.45) is 0 Å². The molecule has 3 rings (SSSR count). The molecule has 34 heavy (non-hydrogen) atoms. The third kappa shape index (κ3) is 34.9. The lowest BCUT2D eigenvalue weighted by Crippen LogP contribution is -1.85. The van der Waals surface area contributed by atoms with Gasteiger partial charge in [-0.1, -0.05) is 193 Å². The zero-order valence-corrected chi connectivity index (χ0v) is 25.9. The van der Waals surface area contributed by atoms with Crippen molar-refractivity contribution in [3.8, 4) is 0 Å². The van der Waals surface area contributed by atoms with Crippen LogP contribution in [0.2, 0.25) is 0 Å². The zero-order valence-electron chi connectivity index (χ0n) is 24.1. The summed E-state index contributed by atoms with van der Waals surface area (Å²) < 4.78 is 0. The van der Waals surface area contributed by atoms with Crippen LogP contribution in [0.5, 0.6) is 0 Å². The molecule has 0 unspecified atom stereocenters. The summed E-state index contributed by atoms with van der Waals surface area (Å²) in [5.41, 5.74) is 0. The Balaban J connectivity index is 0. The van der Waals surface area contributed by atoms with Crippen LogP contribution in [0.4, 0.5) is 0 Å². The standard InChI is InChI=1S/3C10H20.2CH4S/c3*1-2-4-6-8-10-9-7-5-3-1;2*1-2/h3*1-10H2;2*2H,1H3. The van der Waals surface area contributed by atoms with Gasteiger partial charge in [0.25, 0.3) is 0 Å². The van der Waals surface area contributed by atoms with Crippen molar-refractivity contribution < 1.29 is 0 Å². The predicted octanol–water partition coefficient (Wildman–Crippen LogP) is 12.8. The lowest BCUT2D eigenvalue weighted by Gasteiger charge is -2.05. The average molecular weight is 517 g/mol. The van der Waals surface area contributed by atoms with Gasteiger partial charge in [-0.3, -0.25) is 0 Å². The fourth-order valence-electron chi connectivity index (χ4n) is 5.30. The molecule has 0 radical (unpaired) electrons. The Hall–Kier alpha value is 0.700. The van der Waals surface area contributed by atoms with Gasteiger partial charge in [-0.15, -0.1) is 0 Å². The highest BCUT2D eigenvalue weighted by molar-refractivity contribution is 7.79. The quantitative estimate of drug-likeness (QED) is 0.294. The first-order valence-corrected chi connectivity index (χ1v) is 17.7. The van der Waals surface area contributed by atoms with Crippen molar-refractivity contribution in [3.05, 3.63) is 0 Å². The largest absolute Gasteiger partial charge is 0.183 e. The second kappa shape index (κ2) is 38.2. The van der Waals surface area contributed by atoms with Crippen molar-refractivity contribution in [3.63, 3.8) is 0 Å².